The van der Waals surface area contributed by atoms with Crippen LogP contribution in [0.5, 0.6) is 0 Å². The number of nitrogens with one attached hydrogen (secondary N) is 2. The molecule has 2 rings (SSSR count). The molecule has 116 valence electrons. The first-order valence-corrected chi connectivity index (χ1v) is 6.68. The van der Waals surface area contributed by atoms with Gasteiger partial charge >= 0.3 is 43.4 Å². The Morgan fingerprint density at radius 3 is 1.00 bits per heavy atom. The summed E-state index contributed by atoms with van der Waals surface area (Å²) in [5.74, 6) is 0. The van der Waals surface area contributed by atoms with Crippen LogP contribution in [0, 0.1) is 0 Å². The van der Waals surface area contributed by atoms with E-state index >= 15 is 0 Å². The number of nitrogens with zero attached hydrogens (tertiary/aromatic N) is 2. The van der Waals surface area contributed by atoms with Crippen molar-refractivity contribution in [3.63, 3.8) is 0 Å². The van der Waals surface area contributed by atoms with Gasteiger partial charge in [0.15, 0.2) is 0 Å². The number of halogens is 2. The van der Waals surface area contributed by atoms with Crippen LogP contribution in [0.3, 0.4) is 0 Å². The van der Waals surface area contributed by atoms with Gasteiger partial charge in [0.1, 0.15) is 0 Å². The van der Waals surface area contributed by atoms with Crippen molar-refractivity contribution in [1.29, 1.82) is 0 Å². The third-order valence-electron chi connectivity index (χ3n) is 2.68. The number of hydrogen-bond donors (Lipinski definition) is 2. The zero-order chi connectivity index (χ0) is 11.3. The monoisotopic (exact) mass is 392 g/mol. The van der Waals surface area contributed by atoms with E-state index in [9.17, 15) is 0 Å². The molecular weight excluding hydrogens is 367 g/mol. The van der Waals surface area contributed by atoms with Gasteiger partial charge in [0.25, 0.3) is 0 Å². The molecule has 2 fully saturated rings. The van der Waals surface area contributed by atoms with Gasteiger partial charge in [-0.15, -0.1) is 26.2 Å². The van der Waals surface area contributed by atoms with Crippen molar-refractivity contribution in [2.45, 2.75) is 25.7 Å². The van der Waals surface area contributed by atoms with E-state index in [1.54, 1.807) is 0 Å². The molecule has 8 heteroatoms. The summed E-state index contributed by atoms with van der Waals surface area (Å²) >= 11 is 0. The van der Waals surface area contributed by atoms with Gasteiger partial charge < -0.3 is 46.1 Å². The molecule has 0 spiro atoms. The second-order valence-corrected chi connectivity index (χ2v) is 4.26. The van der Waals surface area contributed by atoms with Gasteiger partial charge in [-0.3, -0.25) is 0 Å². The van der Waals surface area contributed by atoms with Crippen LogP contribution in [0.25, 0.3) is 10.6 Å². The average Bonchev–Trinajstić information content (AvgIpc) is 2.15. The fourth-order valence-corrected chi connectivity index (χ4v) is 1.74. The number of rotatable bonds is 0. The van der Waals surface area contributed by atoms with Gasteiger partial charge in [-0.05, 0) is 26.2 Å². The van der Waals surface area contributed by atoms with Crippen LogP contribution in [-0.4, -0.2) is 52.4 Å². The average molecular weight is 393 g/mol. The third kappa shape index (κ3) is 22.1. The van der Waals surface area contributed by atoms with Crippen molar-refractivity contribution < 1.29 is 68.2 Å². The van der Waals surface area contributed by atoms with E-state index in [4.69, 9.17) is 0 Å². The van der Waals surface area contributed by atoms with Crippen molar-refractivity contribution >= 4 is 0 Å². The summed E-state index contributed by atoms with van der Waals surface area (Å²) in [4.78, 5) is 0. The molecule has 0 atom stereocenters. The minimum Gasteiger partial charge on any atom is -1.00 e. The van der Waals surface area contributed by atoms with Crippen LogP contribution in [0.2, 0.25) is 0 Å². The fraction of sp³-hybridized carbons (Fsp3) is 1.00. The topological polar surface area (TPSA) is 52.3 Å². The minimum absolute atomic E-state index is 0. The fourth-order valence-electron chi connectivity index (χ4n) is 1.74. The summed E-state index contributed by atoms with van der Waals surface area (Å²) in [5.41, 5.74) is 0. The Hall–Kier alpha value is 1.85. The second-order valence-electron chi connectivity index (χ2n) is 4.26. The normalized spacial score (nSPS) is 19.2. The first-order valence-electron chi connectivity index (χ1n) is 6.68. The standard InChI is InChI=1S/2C6H13N2.2ClH.2Ti/c2*1-3-7-5-2-6-8-4-1;;;;/h2*7H,1-6H2;2*1H;;/q2*-1;;;2*+2/p-2. The molecule has 2 N–H and O–H groups in total. The van der Waals surface area contributed by atoms with Gasteiger partial charge in [-0.25, -0.2) is 0 Å². The molecule has 0 aromatic heterocycles. The molecule has 0 unspecified atom stereocenters. The van der Waals surface area contributed by atoms with Crippen molar-refractivity contribution in [2.75, 3.05) is 52.4 Å². The molecule has 0 amide bonds. The first kappa shape index (κ1) is 29.8. The molecule has 0 aromatic rings. The van der Waals surface area contributed by atoms with Crippen molar-refractivity contribution in [3.05, 3.63) is 10.6 Å². The van der Waals surface area contributed by atoms with E-state index in [1.165, 1.54) is 25.7 Å². The molecular formula is C12H26Cl2N4Ti2. The quantitative estimate of drug-likeness (QED) is 0.408. The Balaban J connectivity index is -0.000000107. The molecule has 0 radical (unpaired) electrons. The molecule has 0 aromatic carbocycles. The Labute approximate surface area is 166 Å². The Morgan fingerprint density at radius 2 is 0.750 bits per heavy atom. The summed E-state index contributed by atoms with van der Waals surface area (Å²) in [5, 5.41) is 15.2. The van der Waals surface area contributed by atoms with E-state index in [1.807, 2.05) is 0 Å². The van der Waals surface area contributed by atoms with Crippen LogP contribution in [0.4, 0.5) is 0 Å². The zero-order valence-corrected chi connectivity index (χ0v) is 16.8. The maximum absolute atomic E-state index is 4.29. The van der Waals surface area contributed by atoms with Crippen molar-refractivity contribution in [1.82, 2.24) is 10.6 Å². The van der Waals surface area contributed by atoms with Gasteiger partial charge in [0, 0.05) is 0 Å². The Kier molecular flexibility index (Phi) is 38.4. The maximum Gasteiger partial charge on any atom is 2.00 e. The summed E-state index contributed by atoms with van der Waals surface area (Å²) in [7, 11) is 0. The maximum atomic E-state index is 4.29. The molecule has 2 aliphatic rings. The zero-order valence-electron chi connectivity index (χ0n) is 12.1. The van der Waals surface area contributed by atoms with Gasteiger partial charge in [-0.2, -0.15) is 0 Å². The van der Waals surface area contributed by atoms with E-state index in [0.29, 0.717) is 0 Å². The van der Waals surface area contributed by atoms with Gasteiger partial charge in [0.2, 0.25) is 0 Å². The molecule has 2 heterocycles. The third-order valence-corrected chi connectivity index (χ3v) is 2.68. The Bertz CT molecular complexity index is 95.4. The Morgan fingerprint density at radius 1 is 0.500 bits per heavy atom. The van der Waals surface area contributed by atoms with Gasteiger partial charge in [0.05, 0.1) is 0 Å². The van der Waals surface area contributed by atoms with E-state index in [-0.39, 0.29) is 68.2 Å². The molecule has 20 heavy (non-hydrogen) atoms. The predicted molar refractivity (Wildman–Crippen MR) is 70.4 cm³/mol. The number of hydrogen-bond acceptors (Lipinski definition) is 2. The summed E-state index contributed by atoms with van der Waals surface area (Å²) in [6.45, 7) is 8.88. The van der Waals surface area contributed by atoms with E-state index in [0.717, 1.165) is 52.4 Å². The molecule has 0 saturated carbocycles. The molecule has 4 nitrogen and oxygen atoms in total. The minimum atomic E-state index is 0. The first-order chi connectivity index (χ1) is 8.00. The predicted octanol–water partition coefficient (Wildman–Crippen LogP) is -4.51. The summed E-state index contributed by atoms with van der Waals surface area (Å²) < 4.78 is 0. The van der Waals surface area contributed by atoms with Crippen molar-refractivity contribution in [3.8, 4) is 0 Å². The SMILES string of the molecule is C1C[N-]CCCNC1.C1C[N-]CCCNC1.[Cl-].[Cl-].[Ti+2].[Ti+2]. The summed E-state index contributed by atoms with van der Waals surface area (Å²) in [6, 6.07) is 0. The largest absolute Gasteiger partial charge is 2.00 e. The summed E-state index contributed by atoms with van der Waals surface area (Å²) in [6.07, 6.45) is 4.89. The van der Waals surface area contributed by atoms with Gasteiger partial charge in [-0.1, -0.05) is 25.7 Å². The molecule has 0 aliphatic carbocycles. The van der Waals surface area contributed by atoms with Crippen molar-refractivity contribution in [2.24, 2.45) is 0 Å². The van der Waals surface area contributed by atoms with Crippen LogP contribution >= 0.6 is 0 Å². The molecule has 2 aliphatic heterocycles. The van der Waals surface area contributed by atoms with Crippen LogP contribution in [-0.2, 0) is 43.4 Å². The van der Waals surface area contributed by atoms with Crippen LogP contribution < -0.4 is 35.4 Å². The van der Waals surface area contributed by atoms with Crippen LogP contribution in [0.15, 0.2) is 0 Å². The van der Waals surface area contributed by atoms with E-state index < -0.39 is 0 Å². The second kappa shape index (κ2) is 25.8. The smallest absolute Gasteiger partial charge is 1.00 e. The molecule has 0 bridgehead atoms. The van der Waals surface area contributed by atoms with Crippen LogP contribution in [0.1, 0.15) is 25.7 Å². The molecule has 2 saturated heterocycles. The van der Waals surface area contributed by atoms with E-state index in [2.05, 4.69) is 21.3 Å².